The molecule has 2 rings (SSSR count). The molecule has 0 radical (unpaired) electrons. The molecular formula is C16H23ClN2O2S. The van der Waals surface area contributed by atoms with Gasteiger partial charge in [-0.2, -0.15) is 0 Å². The lowest BCUT2D eigenvalue weighted by Gasteiger charge is -2.21. The first-order valence-electron chi connectivity index (χ1n) is 7.49. The maximum Gasteiger partial charge on any atom is 0.315 e. The van der Waals surface area contributed by atoms with E-state index in [0.717, 1.165) is 12.0 Å². The van der Waals surface area contributed by atoms with Crippen molar-refractivity contribution < 1.29 is 9.00 Å². The van der Waals surface area contributed by atoms with Gasteiger partial charge in [-0.3, -0.25) is 4.21 Å². The van der Waals surface area contributed by atoms with E-state index in [4.69, 9.17) is 11.6 Å². The summed E-state index contributed by atoms with van der Waals surface area (Å²) in [4.78, 5) is 12.2. The highest BCUT2D eigenvalue weighted by molar-refractivity contribution is 7.84. The molecule has 1 saturated carbocycles. The standard InChI is InChI=1S/C16H23ClN2O2S/c1-10-8-14(10)15(12-4-6-13(17)7-5-12)19-16(20)18-11(2)9-22(3)21/h4-7,10-11,14-15H,8-9H2,1-3H3,(H2,18,19,20)/t10-,11-,14+,15-,22+/m1/s1. The number of rotatable bonds is 6. The van der Waals surface area contributed by atoms with Crippen LogP contribution in [0, 0.1) is 11.8 Å². The highest BCUT2D eigenvalue weighted by Gasteiger charge is 2.41. The van der Waals surface area contributed by atoms with Crippen molar-refractivity contribution in [3.8, 4) is 0 Å². The Morgan fingerprint density at radius 3 is 2.45 bits per heavy atom. The molecule has 0 bridgehead atoms. The van der Waals surface area contributed by atoms with Crippen LogP contribution in [0.4, 0.5) is 4.79 Å². The summed E-state index contributed by atoms with van der Waals surface area (Å²) in [5.41, 5.74) is 1.07. The van der Waals surface area contributed by atoms with E-state index >= 15 is 0 Å². The molecule has 0 heterocycles. The summed E-state index contributed by atoms with van der Waals surface area (Å²) in [5, 5.41) is 6.60. The first kappa shape index (κ1) is 17.3. The number of halogens is 1. The highest BCUT2D eigenvalue weighted by atomic mass is 35.5. The van der Waals surface area contributed by atoms with Gasteiger partial charge < -0.3 is 10.6 Å². The minimum absolute atomic E-state index is 0.00779. The molecule has 1 aromatic carbocycles. The van der Waals surface area contributed by atoms with Crippen LogP contribution in [0.1, 0.15) is 31.9 Å². The number of nitrogens with one attached hydrogen (secondary N) is 2. The molecule has 122 valence electrons. The fourth-order valence-electron chi connectivity index (χ4n) is 2.72. The number of carbonyl (C=O) groups excluding carboxylic acids is 1. The summed E-state index contributed by atoms with van der Waals surface area (Å²) in [6.45, 7) is 4.05. The highest BCUT2D eigenvalue weighted by Crippen LogP contribution is 2.47. The summed E-state index contributed by atoms with van der Waals surface area (Å²) < 4.78 is 11.2. The molecule has 6 heteroatoms. The fourth-order valence-corrected chi connectivity index (χ4v) is 3.64. The van der Waals surface area contributed by atoms with Crippen molar-refractivity contribution in [1.29, 1.82) is 0 Å². The summed E-state index contributed by atoms with van der Waals surface area (Å²) >= 11 is 5.93. The topological polar surface area (TPSA) is 58.2 Å². The molecule has 1 aliphatic carbocycles. The van der Waals surface area contributed by atoms with Gasteiger partial charge in [-0.1, -0.05) is 30.7 Å². The second-order valence-corrected chi connectivity index (χ2v) is 8.08. The first-order chi connectivity index (χ1) is 10.4. The Hall–Kier alpha value is -1.07. The number of hydrogen-bond donors (Lipinski definition) is 2. The molecule has 0 aliphatic heterocycles. The van der Waals surface area contributed by atoms with Crippen LogP contribution >= 0.6 is 11.6 Å². The van der Waals surface area contributed by atoms with Gasteiger partial charge in [-0.25, -0.2) is 4.79 Å². The Bertz CT molecular complexity index is 550. The monoisotopic (exact) mass is 342 g/mol. The third-order valence-electron chi connectivity index (χ3n) is 3.98. The van der Waals surface area contributed by atoms with Gasteiger partial charge in [0.15, 0.2) is 0 Å². The zero-order valence-electron chi connectivity index (χ0n) is 13.1. The zero-order valence-corrected chi connectivity index (χ0v) is 14.7. The molecule has 0 unspecified atom stereocenters. The molecule has 2 N–H and O–H groups in total. The zero-order chi connectivity index (χ0) is 16.3. The van der Waals surface area contributed by atoms with Crippen LogP contribution in [0.2, 0.25) is 5.02 Å². The van der Waals surface area contributed by atoms with Gasteiger partial charge in [0.2, 0.25) is 0 Å². The largest absolute Gasteiger partial charge is 0.335 e. The Balaban J connectivity index is 2.00. The van der Waals surface area contributed by atoms with Gasteiger partial charge >= 0.3 is 6.03 Å². The number of carbonyl (C=O) groups is 1. The van der Waals surface area contributed by atoms with E-state index < -0.39 is 10.8 Å². The minimum atomic E-state index is -0.923. The van der Waals surface area contributed by atoms with Crippen molar-refractivity contribution in [2.24, 2.45) is 11.8 Å². The summed E-state index contributed by atoms with van der Waals surface area (Å²) in [6.07, 6.45) is 2.75. The Kier molecular flexibility index (Phi) is 5.87. The second kappa shape index (κ2) is 7.47. The molecule has 22 heavy (non-hydrogen) atoms. The number of amides is 2. The number of hydrogen-bond acceptors (Lipinski definition) is 2. The SMILES string of the molecule is C[C@H](C[S@](C)=O)NC(=O)N[C@H](c1ccc(Cl)cc1)[C@H]1C[C@H]1C. The first-order valence-corrected chi connectivity index (χ1v) is 9.60. The van der Waals surface area contributed by atoms with E-state index in [1.807, 2.05) is 31.2 Å². The van der Waals surface area contributed by atoms with Crippen LogP contribution in [-0.2, 0) is 10.8 Å². The Morgan fingerprint density at radius 1 is 1.36 bits per heavy atom. The lowest BCUT2D eigenvalue weighted by atomic mass is 10.0. The van der Waals surface area contributed by atoms with Gasteiger partial charge in [0, 0.05) is 33.9 Å². The van der Waals surface area contributed by atoms with Gasteiger partial charge in [0.1, 0.15) is 0 Å². The van der Waals surface area contributed by atoms with Gasteiger partial charge in [-0.15, -0.1) is 0 Å². The maximum atomic E-state index is 12.2. The van der Waals surface area contributed by atoms with E-state index in [1.165, 1.54) is 0 Å². The van der Waals surface area contributed by atoms with Crippen LogP contribution in [0.15, 0.2) is 24.3 Å². The molecule has 2 amide bonds. The van der Waals surface area contributed by atoms with Crippen LogP contribution in [0.3, 0.4) is 0 Å². The normalized spacial score (nSPS) is 24.2. The molecule has 1 aliphatic rings. The fraction of sp³-hybridized carbons (Fsp3) is 0.562. The smallest absolute Gasteiger partial charge is 0.315 e. The van der Waals surface area contributed by atoms with Crippen LogP contribution < -0.4 is 10.6 Å². The summed E-state index contributed by atoms with van der Waals surface area (Å²) in [5.74, 6) is 1.53. The van der Waals surface area contributed by atoms with Crippen molar-refractivity contribution in [1.82, 2.24) is 10.6 Å². The van der Waals surface area contributed by atoms with Crippen molar-refractivity contribution in [3.05, 3.63) is 34.9 Å². The van der Waals surface area contributed by atoms with E-state index in [1.54, 1.807) is 6.26 Å². The van der Waals surface area contributed by atoms with E-state index in [0.29, 0.717) is 22.6 Å². The molecular weight excluding hydrogens is 320 g/mol. The van der Waals surface area contributed by atoms with Crippen LogP contribution in [0.5, 0.6) is 0 Å². The predicted octanol–water partition coefficient (Wildman–Crippen LogP) is 3.10. The molecule has 1 aromatic rings. The lowest BCUT2D eigenvalue weighted by Crippen LogP contribution is -2.44. The van der Waals surface area contributed by atoms with E-state index in [2.05, 4.69) is 17.6 Å². The maximum absolute atomic E-state index is 12.2. The van der Waals surface area contributed by atoms with Gasteiger partial charge in [0.25, 0.3) is 0 Å². The van der Waals surface area contributed by atoms with Crippen molar-refractivity contribution in [2.45, 2.75) is 32.4 Å². The van der Waals surface area contributed by atoms with E-state index in [-0.39, 0.29) is 18.1 Å². The number of benzene rings is 1. The molecule has 5 atom stereocenters. The Morgan fingerprint density at radius 2 is 1.95 bits per heavy atom. The van der Waals surface area contributed by atoms with Crippen LogP contribution in [0.25, 0.3) is 0 Å². The lowest BCUT2D eigenvalue weighted by molar-refractivity contribution is 0.233. The molecule has 4 nitrogen and oxygen atoms in total. The van der Waals surface area contributed by atoms with Crippen molar-refractivity contribution in [2.75, 3.05) is 12.0 Å². The quantitative estimate of drug-likeness (QED) is 0.834. The summed E-state index contributed by atoms with van der Waals surface area (Å²) in [6, 6.07) is 7.28. The molecule has 1 fully saturated rings. The van der Waals surface area contributed by atoms with Gasteiger partial charge in [0.05, 0.1) is 6.04 Å². The minimum Gasteiger partial charge on any atom is -0.335 e. The van der Waals surface area contributed by atoms with Crippen LogP contribution in [-0.4, -0.2) is 28.3 Å². The second-order valence-electron chi connectivity index (χ2n) is 6.16. The van der Waals surface area contributed by atoms with Crippen molar-refractivity contribution in [3.63, 3.8) is 0 Å². The third kappa shape index (κ3) is 4.99. The average Bonchev–Trinajstić information content (AvgIpc) is 3.13. The average molecular weight is 343 g/mol. The molecule has 0 saturated heterocycles. The summed E-state index contributed by atoms with van der Waals surface area (Å²) in [7, 11) is -0.923. The third-order valence-corrected chi connectivity index (χ3v) is 5.20. The molecule has 0 aromatic heterocycles. The predicted molar refractivity (Wildman–Crippen MR) is 91.5 cm³/mol. The van der Waals surface area contributed by atoms with Gasteiger partial charge in [-0.05, 0) is 42.9 Å². The van der Waals surface area contributed by atoms with Crippen molar-refractivity contribution >= 4 is 28.4 Å². The molecule has 0 spiro atoms. The Labute approximate surface area is 139 Å². The number of urea groups is 1. The van der Waals surface area contributed by atoms with E-state index in [9.17, 15) is 9.00 Å².